The number of aromatic nitrogens is 1. The Morgan fingerprint density at radius 1 is 1.07 bits per heavy atom. The summed E-state index contributed by atoms with van der Waals surface area (Å²) in [6.45, 7) is 4.49. The SMILES string of the molecule is COc1ccc(S(=O)(=O)c2nc(CC(C)C)oc2NCc2ccccc2)cc1. The van der Waals surface area contributed by atoms with Crippen molar-refractivity contribution in [1.82, 2.24) is 4.98 Å². The number of methoxy groups -OCH3 is 1. The summed E-state index contributed by atoms with van der Waals surface area (Å²) in [6, 6.07) is 15.9. The highest BCUT2D eigenvalue weighted by Gasteiger charge is 2.28. The van der Waals surface area contributed by atoms with E-state index in [0.29, 0.717) is 24.6 Å². The van der Waals surface area contributed by atoms with E-state index in [1.54, 1.807) is 12.1 Å². The summed E-state index contributed by atoms with van der Waals surface area (Å²) in [5.74, 6) is 1.44. The average Bonchev–Trinajstić information content (AvgIpc) is 3.10. The van der Waals surface area contributed by atoms with Gasteiger partial charge in [0.2, 0.25) is 20.7 Å². The van der Waals surface area contributed by atoms with Gasteiger partial charge in [0.1, 0.15) is 5.75 Å². The Morgan fingerprint density at radius 2 is 1.75 bits per heavy atom. The summed E-state index contributed by atoms with van der Waals surface area (Å²) in [5.41, 5.74) is 1.01. The minimum atomic E-state index is -3.84. The highest BCUT2D eigenvalue weighted by molar-refractivity contribution is 7.91. The van der Waals surface area contributed by atoms with E-state index in [9.17, 15) is 8.42 Å². The number of sulfone groups is 1. The van der Waals surface area contributed by atoms with Crippen LogP contribution in [0.15, 0.2) is 68.9 Å². The van der Waals surface area contributed by atoms with Crippen molar-refractivity contribution in [2.24, 2.45) is 5.92 Å². The van der Waals surface area contributed by atoms with Crippen LogP contribution in [0.4, 0.5) is 5.88 Å². The van der Waals surface area contributed by atoms with Gasteiger partial charge in [-0.2, -0.15) is 4.98 Å². The van der Waals surface area contributed by atoms with Gasteiger partial charge in [0, 0.05) is 13.0 Å². The third-order valence-corrected chi connectivity index (χ3v) is 5.82. The van der Waals surface area contributed by atoms with Crippen molar-refractivity contribution in [2.45, 2.75) is 36.7 Å². The maximum absolute atomic E-state index is 13.2. The fourth-order valence-electron chi connectivity index (χ4n) is 2.72. The molecule has 0 unspecified atom stereocenters. The molecule has 148 valence electrons. The predicted octanol–water partition coefficient (Wildman–Crippen LogP) is 4.33. The molecule has 0 radical (unpaired) electrons. The molecule has 0 saturated carbocycles. The Morgan fingerprint density at radius 3 is 2.36 bits per heavy atom. The van der Waals surface area contributed by atoms with Crippen molar-refractivity contribution in [3.8, 4) is 5.75 Å². The van der Waals surface area contributed by atoms with Gasteiger partial charge >= 0.3 is 0 Å². The number of hydrogen-bond donors (Lipinski definition) is 1. The molecule has 7 heteroatoms. The molecule has 0 aliphatic heterocycles. The quantitative estimate of drug-likeness (QED) is 0.606. The molecule has 6 nitrogen and oxygen atoms in total. The van der Waals surface area contributed by atoms with E-state index in [0.717, 1.165) is 5.56 Å². The zero-order valence-electron chi connectivity index (χ0n) is 16.2. The Kier molecular flexibility index (Phi) is 6.04. The first-order valence-electron chi connectivity index (χ1n) is 9.07. The lowest BCUT2D eigenvalue weighted by atomic mass is 10.1. The standard InChI is InChI=1S/C21H24N2O4S/c1-15(2)13-19-23-21(20(27-19)22-14-16-7-5-4-6-8-16)28(24,25)18-11-9-17(26-3)10-12-18/h4-12,15,22H,13-14H2,1-3H3. The largest absolute Gasteiger partial charge is 0.497 e. The number of nitrogens with one attached hydrogen (secondary N) is 1. The zero-order valence-corrected chi connectivity index (χ0v) is 17.0. The molecule has 0 aliphatic rings. The van der Waals surface area contributed by atoms with E-state index in [1.165, 1.54) is 19.2 Å². The normalized spacial score (nSPS) is 11.6. The summed E-state index contributed by atoms with van der Waals surface area (Å²) in [4.78, 5) is 4.44. The Bertz CT molecular complexity index is 1010. The van der Waals surface area contributed by atoms with Crippen LogP contribution >= 0.6 is 0 Å². The van der Waals surface area contributed by atoms with Gasteiger partial charge in [-0.3, -0.25) is 0 Å². The van der Waals surface area contributed by atoms with Crippen LogP contribution in [0, 0.1) is 5.92 Å². The molecule has 0 fully saturated rings. The topological polar surface area (TPSA) is 81.4 Å². The number of anilines is 1. The van der Waals surface area contributed by atoms with E-state index < -0.39 is 9.84 Å². The van der Waals surface area contributed by atoms with E-state index in [-0.39, 0.29) is 21.7 Å². The van der Waals surface area contributed by atoms with Crippen LogP contribution < -0.4 is 10.1 Å². The average molecular weight is 401 g/mol. The molecule has 1 heterocycles. The van der Waals surface area contributed by atoms with E-state index in [4.69, 9.17) is 9.15 Å². The van der Waals surface area contributed by atoms with Gasteiger partial charge in [-0.05, 0) is 35.7 Å². The highest BCUT2D eigenvalue weighted by Crippen LogP contribution is 2.30. The predicted molar refractivity (Wildman–Crippen MR) is 107 cm³/mol. The number of nitrogens with zero attached hydrogens (tertiary/aromatic N) is 1. The Balaban J connectivity index is 1.95. The Hall–Kier alpha value is -2.80. The molecule has 0 saturated heterocycles. The highest BCUT2D eigenvalue weighted by atomic mass is 32.2. The second kappa shape index (κ2) is 8.48. The summed E-state index contributed by atoms with van der Waals surface area (Å²) < 4.78 is 37.2. The summed E-state index contributed by atoms with van der Waals surface area (Å²) in [7, 11) is -2.30. The smallest absolute Gasteiger partial charge is 0.233 e. The lowest BCUT2D eigenvalue weighted by Gasteiger charge is -2.07. The van der Waals surface area contributed by atoms with E-state index in [2.05, 4.69) is 10.3 Å². The first-order chi connectivity index (χ1) is 13.4. The molecule has 0 bridgehead atoms. The van der Waals surface area contributed by atoms with Crippen molar-refractivity contribution in [3.63, 3.8) is 0 Å². The fourth-order valence-corrected chi connectivity index (χ4v) is 4.02. The van der Waals surface area contributed by atoms with Gasteiger partial charge in [0.15, 0.2) is 5.89 Å². The number of benzene rings is 2. The van der Waals surface area contributed by atoms with Gasteiger partial charge < -0.3 is 14.5 Å². The Labute approximate surface area is 165 Å². The molecule has 2 aromatic carbocycles. The van der Waals surface area contributed by atoms with Crippen molar-refractivity contribution >= 4 is 15.7 Å². The fraction of sp³-hybridized carbons (Fsp3) is 0.286. The molecule has 0 amide bonds. The lowest BCUT2D eigenvalue weighted by molar-refractivity contribution is 0.414. The molecule has 3 rings (SSSR count). The van der Waals surface area contributed by atoms with Crippen LogP contribution in [0.25, 0.3) is 0 Å². The third-order valence-electron chi connectivity index (χ3n) is 4.14. The number of ether oxygens (including phenoxy) is 1. The third kappa shape index (κ3) is 4.54. The van der Waals surface area contributed by atoms with Gasteiger partial charge in [-0.1, -0.05) is 44.2 Å². The zero-order chi connectivity index (χ0) is 20.1. The molecule has 0 atom stereocenters. The van der Waals surface area contributed by atoms with Crippen LogP contribution in [-0.2, 0) is 22.8 Å². The summed E-state index contributed by atoms with van der Waals surface area (Å²) in [6.07, 6.45) is 0.554. The molecule has 0 spiro atoms. The molecule has 3 aromatic rings. The van der Waals surface area contributed by atoms with Crippen LogP contribution in [0.5, 0.6) is 5.75 Å². The molecule has 1 N–H and O–H groups in total. The first kappa shape index (κ1) is 19.9. The molecular formula is C21H24N2O4S. The summed E-state index contributed by atoms with van der Waals surface area (Å²) >= 11 is 0. The number of hydrogen-bond acceptors (Lipinski definition) is 6. The van der Waals surface area contributed by atoms with Crippen molar-refractivity contribution < 1.29 is 17.6 Å². The maximum Gasteiger partial charge on any atom is 0.233 e. The van der Waals surface area contributed by atoms with Crippen molar-refractivity contribution in [3.05, 3.63) is 66.1 Å². The second-order valence-corrected chi connectivity index (χ2v) is 8.72. The minimum Gasteiger partial charge on any atom is -0.497 e. The van der Waals surface area contributed by atoms with Gasteiger partial charge in [0.05, 0.1) is 12.0 Å². The monoisotopic (exact) mass is 400 g/mol. The van der Waals surface area contributed by atoms with Crippen LogP contribution in [-0.4, -0.2) is 20.5 Å². The first-order valence-corrected chi connectivity index (χ1v) is 10.5. The lowest BCUT2D eigenvalue weighted by Crippen LogP contribution is -2.07. The number of rotatable bonds is 8. The van der Waals surface area contributed by atoms with E-state index in [1.807, 2.05) is 44.2 Å². The van der Waals surface area contributed by atoms with Gasteiger partial charge in [-0.15, -0.1) is 0 Å². The molecule has 0 aliphatic carbocycles. The summed E-state index contributed by atoms with van der Waals surface area (Å²) in [5, 5.41) is 3.00. The van der Waals surface area contributed by atoms with Gasteiger partial charge in [0.25, 0.3) is 0 Å². The van der Waals surface area contributed by atoms with Crippen LogP contribution in [0.2, 0.25) is 0 Å². The van der Waals surface area contributed by atoms with E-state index >= 15 is 0 Å². The van der Waals surface area contributed by atoms with Gasteiger partial charge in [-0.25, -0.2) is 8.42 Å². The maximum atomic E-state index is 13.2. The van der Waals surface area contributed by atoms with Crippen LogP contribution in [0.1, 0.15) is 25.3 Å². The van der Waals surface area contributed by atoms with Crippen LogP contribution in [0.3, 0.4) is 0 Å². The van der Waals surface area contributed by atoms with Crippen molar-refractivity contribution in [2.75, 3.05) is 12.4 Å². The molecule has 28 heavy (non-hydrogen) atoms. The van der Waals surface area contributed by atoms with Crippen molar-refractivity contribution in [1.29, 1.82) is 0 Å². The number of oxazole rings is 1. The molecule has 1 aromatic heterocycles. The second-order valence-electron chi connectivity index (χ2n) is 6.86. The minimum absolute atomic E-state index is 0.0933. The molecular weight excluding hydrogens is 376 g/mol.